The zero-order valence-electron chi connectivity index (χ0n) is 10.2. The minimum atomic E-state index is -4.56. The van der Waals surface area contributed by atoms with Crippen molar-refractivity contribution < 1.29 is 17.9 Å². The van der Waals surface area contributed by atoms with Crippen LogP contribution in [0.15, 0.2) is 42.7 Å². The van der Waals surface area contributed by atoms with Gasteiger partial charge in [-0.05, 0) is 18.2 Å². The first kappa shape index (κ1) is 13.9. The molecule has 0 N–H and O–H groups in total. The van der Waals surface area contributed by atoms with Crippen molar-refractivity contribution in [3.8, 4) is 5.75 Å². The minimum absolute atomic E-state index is 0.0196. The summed E-state index contributed by atoms with van der Waals surface area (Å²) in [5, 5.41) is 0. The van der Waals surface area contributed by atoms with E-state index in [0.717, 1.165) is 12.1 Å². The Bertz CT molecular complexity index is 633. The molecule has 0 saturated heterocycles. The van der Waals surface area contributed by atoms with Gasteiger partial charge in [0.15, 0.2) is 5.69 Å². The van der Waals surface area contributed by atoms with Crippen LogP contribution in [-0.2, 0) is 12.8 Å². The Balaban J connectivity index is 2.25. The highest BCUT2D eigenvalue weighted by Crippen LogP contribution is 2.38. The van der Waals surface area contributed by atoms with E-state index in [9.17, 15) is 13.2 Å². The fourth-order valence-electron chi connectivity index (χ4n) is 1.58. The second-order valence-electron chi connectivity index (χ2n) is 3.94. The van der Waals surface area contributed by atoms with Crippen LogP contribution in [-0.4, -0.2) is 4.98 Å². The molecule has 0 radical (unpaired) electrons. The van der Waals surface area contributed by atoms with E-state index >= 15 is 0 Å². The number of pyridine rings is 1. The highest BCUT2D eigenvalue weighted by atomic mass is 19.4. The molecule has 0 aliphatic carbocycles. The van der Waals surface area contributed by atoms with Crippen LogP contribution in [0, 0.1) is 6.57 Å². The van der Waals surface area contributed by atoms with Crippen LogP contribution in [0.4, 0.5) is 18.9 Å². The molecule has 0 amide bonds. The standard InChI is InChI=1S/C14H9F3N2O/c1-18-11-4-5-13(12(7-11)14(15,16)17)20-9-10-3-2-6-19-8-10/h2-8H,9H2. The Kier molecular flexibility index (Phi) is 3.89. The molecule has 102 valence electrons. The molecular formula is C14H9F3N2O. The Morgan fingerprint density at radius 2 is 2.05 bits per heavy atom. The maximum Gasteiger partial charge on any atom is 0.418 e. The number of ether oxygens (including phenoxy) is 1. The van der Waals surface area contributed by atoms with Gasteiger partial charge in [0, 0.05) is 18.0 Å². The summed E-state index contributed by atoms with van der Waals surface area (Å²) in [6.45, 7) is 6.74. The number of nitrogens with zero attached hydrogens (tertiary/aromatic N) is 2. The number of rotatable bonds is 3. The highest BCUT2D eigenvalue weighted by molar-refractivity contribution is 5.52. The van der Waals surface area contributed by atoms with Crippen LogP contribution in [0.3, 0.4) is 0 Å². The Labute approximate surface area is 113 Å². The lowest BCUT2D eigenvalue weighted by molar-refractivity contribution is -0.139. The van der Waals surface area contributed by atoms with Gasteiger partial charge in [-0.3, -0.25) is 4.98 Å². The van der Waals surface area contributed by atoms with Crippen molar-refractivity contribution in [2.75, 3.05) is 0 Å². The van der Waals surface area contributed by atoms with Crippen LogP contribution in [0.25, 0.3) is 4.85 Å². The second kappa shape index (κ2) is 5.61. The summed E-state index contributed by atoms with van der Waals surface area (Å²) in [6, 6.07) is 6.61. The molecule has 0 fully saturated rings. The topological polar surface area (TPSA) is 26.5 Å². The van der Waals surface area contributed by atoms with Crippen molar-refractivity contribution in [3.63, 3.8) is 0 Å². The first-order valence-electron chi connectivity index (χ1n) is 5.61. The van der Waals surface area contributed by atoms with Crippen LogP contribution in [0.5, 0.6) is 5.75 Å². The summed E-state index contributed by atoms with van der Waals surface area (Å²) in [5.74, 6) is -0.297. The largest absolute Gasteiger partial charge is 0.488 e. The van der Waals surface area contributed by atoms with E-state index in [0.29, 0.717) is 5.56 Å². The van der Waals surface area contributed by atoms with Gasteiger partial charge in [-0.2, -0.15) is 13.2 Å². The predicted molar refractivity (Wildman–Crippen MR) is 66.3 cm³/mol. The lowest BCUT2D eigenvalue weighted by Crippen LogP contribution is -2.08. The van der Waals surface area contributed by atoms with Crippen molar-refractivity contribution in [3.05, 3.63) is 65.3 Å². The minimum Gasteiger partial charge on any atom is -0.488 e. The lowest BCUT2D eigenvalue weighted by Gasteiger charge is -2.14. The normalized spacial score (nSPS) is 10.9. The van der Waals surface area contributed by atoms with Crippen LogP contribution in [0.2, 0.25) is 0 Å². The smallest absolute Gasteiger partial charge is 0.418 e. The molecule has 2 rings (SSSR count). The number of alkyl halides is 3. The van der Waals surface area contributed by atoms with Crippen molar-refractivity contribution in [1.29, 1.82) is 0 Å². The van der Waals surface area contributed by atoms with E-state index in [1.54, 1.807) is 18.3 Å². The van der Waals surface area contributed by atoms with E-state index in [1.165, 1.54) is 12.3 Å². The van der Waals surface area contributed by atoms with Gasteiger partial charge in [-0.1, -0.05) is 12.1 Å². The molecule has 1 aromatic heterocycles. The second-order valence-corrected chi connectivity index (χ2v) is 3.94. The Morgan fingerprint density at radius 1 is 1.25 bits per heavy atom. The number of aromatic nitrogens is 1. The van der Waals surface area contributed by atoms with E-state index in [4.69, 9.17) is 11.3 Å². The molecule has 1 heterocycles. The average molecular weight is 278 g/mol. The molecule has 6 heteroatoms. The zero-order valence-corrected chi connectivity index (χ0v) is 10.2. The molecule has 20 heavy (non-hydrogen) atoms. The maximum absolute atomic E-state index is 12.9. The third-order valence-corrected chi connectivity index (χ3v) is 2.51. The van der Waals surface area contributed by atoms with Crippen LogP contribution >= 0.6 is 0 Å². The van der Waals surface area contributed by atoms with Gasteiger partial charge in [0.25, 0.3) is 0 Å². The van der Waals surface area contributed by atoms with Gasteiger partial charge in [-0.15, -0.1) is 0 Å². The molecule has 3 nitrogen and oxygen atoms in total. The summed E-state index contributed by atoms with van der Waals surface area (Å²) >= 11 is 0. The van der Waals surface area contributed by atoms with Crippen molar-refractivity contribution in [2.24, 2.45) is 0 Å². The predicted octanol–water partition coefficient (Wildman–Crippen LogP) is 4.23. The molecule has 0 spiro atoms. The van der Waals surface area contributed by atoms with E-state index in [1.807, 2.05) is 0 Å². The monoisotopic (exact) mass is 278 g/mol. The fourth-order valence-corrected chi connectivity index (χ4v) is 1.58. The summed E-state index contributed by atoms with van der Waals surface area (Å²) in [5.41, 5.74) is -0.365. The summed E-state index contributed by atoms with van der Waals surface area (Å²) in [6.07, 6.45) is -1.49. The van der Waals surface area contributed by atoms with Crippen molar-refractivity contribution in [1.82, 2.24) is 4.98 Å². The van der Waals surface area contributed by atoms with Gasteiger partial charge in [0.1, 0.15) is 12.4 Å². The molecular weight excluding hydrogens is 269 g/mol. The van der Waals surface area contributed by atoms with E-state index in [2.05, 4.69) is 9.83 Å². The molecule has 2 aromatic rings. The van der Waals surface area contributed by atoms with E-state index < -0.39 is 11.7 Å². The molecule has 0 atom stereocenters. The fraction of sp³-hybridized carbons (Fsp3) is 0.143. The van der Waals surface area contributed by atoms with Gasteiger partial charge >= 0.3 is 6.18 Å². The number of benzene rings is 1. The molecule has 0 unspecified atom stereocenters. The third-order valence-electron chi connectivity index (χ3n) is 2.51. The molecule has 1 aromatic carbocycles. The van der Waals surface area contributed by atoms with Gasteiger partial charge < -0.3 is 4.74 Å². The molecule has 0 saturated carbocycles. The molecule has 0 bridgehead atoms. The number of hydrogen-bond acceptors (Lipinski definition) is 2. The number of hydrogen-bond donors (Lipinski definition) is 0. The van der Waals surface area contributed by atoms with E-state index in [-0.39, 0.29) is 18.0 Å². The zero-order chi connectivity index (χ0) is 14.6. The van der Waals surface area contributed by atoms with Crippen LogP contribution < -0.4 is 4.74 Å². The van der Waals surface area contributed by atoms with Gasteiger partial charge in [0.2, 0.25) is 0 Å². The summed E-state index contributed by atoms with van der Waals surface area (Å²) in [7, 11) is 0. The van der Waals surface area contributed by atoms with Crippen LogP contribution in [0.1, 0.15) is 11.1 Å². The quantitative estimate of drug-likeness (QED) is 0.785. The van der Waals surface area contributed by atoms with Gasteiger partial charge in [-0.25, -0.2) is 4.85 Å². The highest BCUT2D eigenvalue weighted by Gasteiger charge is 2.34. The Hall–Kier alpha value is -2.55. The first-order valence-corrected chi connectivity index (χ1v) is 5.61. The average Bonchev–Trinajstić information content (AvgIpc) is 2.45. The first-order chi connectivity index (χ1) is 9.50. The summed E-state index contributed by atoms with van der Waals surface area (Å²) < 4.78 is 43.9. The molecule has 0 aliphatic rings. The number of halogens is 3. The lowest BCUT2D eigenvalue weighted by atomic mass is 10.1. The van der Waals surface area contributed by atoms with Crippen molar-refractivity contribution in [2.45, 2.75) is 12.8 Å². The third kappa shape index (κ3) is 3.26. The maximum atomic E-state index is 12.9. The Morgan fingerprint density at radius 3 is 2.65 bits per heavy atom. The van der Waals surface area contributed by atoms with Crippen molar-refractivity contribution >= 4 is 5.69 Å². The molecule has 0 aliphatic heterocycles. The summed E-state index contributed by atoms with van der Waals surface area (Å²) in [4.78, 5) is 6.84. The SMILES string of the molecule is [C-]#[N+]c1ccc(OCc2cccnc2)c(C(F)(F)F)c1. The van der Waals surface area contributed by atoms with Gasteiger partial charge in [0.05, 0.1) is 12.1 Å².